The second-order valence-corrected chi connectivity index (χ2v) is 5.16. The Morgan fingerprint density at radius 3 is 2.00 bits per heavy atom. The second kappa shape index (κ2) is 4.89. The molecule has 1 atom stereocenters. The predicted octanol–water partition coefficient (Wildman–Crippen LogP) is 0.972. The van der Waals surface area contributed by atoms with Gasteiger partial charge in [0.15, 0.2) is 0 Å². The van der Waals surface area contributed by atoms with E-state index in [1.54, 1.807) is 20.8 Å². The van der Waals surface area contributed by atoms with Crippen LogP contribution in [-0.4, -0.2) is 27.8 Å². The van der Waals surface area contributed by atoms with Crippen molar-refractivity contribution in [2.75, 3.05) is 0 Å². The number of hydrogen-bond acceptors (Lipinski definition) is 5. The summed E-state index contributed by atoms with van der Waals surface area (Å²) in [5.74, 6) is -2.63. The molecule has 0 aromatic heterocycles. The minimum Gasteiger partial charge on any atom is -0.508 e. The van der Waals surface area contributed by atoms with E-state index >= 15 is 0 Å². The summed E-state index contributed by atoms with van der Waals surface area (Å²) in [5.41, 5.74) is 2.58. The van der Waals surface area contributed by atoms with Crippen molar-refractivity contribution in [1.82, 2.24) is 0 Å². The number of hydrogen-bond donors (Lipinski definition) is 3. The molecule has 0 radical (unpaired) electrons. The van der Waals surface area contributed by atoms with E-state index < -0.39 is 23.1 Å². The summed E-state index contributed by atoms with van der Waals surface area (Å²) < 4.78 is 5.04. The molecule has 1 aromatic carbocycles. The van der Waals surface area contributed by atoms with E-state index in [2.05, 4.69) is 0 Å². The Morgan fingerprint density at radius 1 is 1.16 bits per heavy atom. The van der Waals surface area contributed by atoms with E-state index in [9.17, 15) is 19.8 Å². The number of aliphatic carboxylic acids is 1. The van der Waals surface area contributed by atoms with Gasteiger partial charge in [0.2, 0.25) is 5.54 Å². The summed E-state index contributed by atoms with van der Waals surface area (Å²) in [5, 5.41) is 18.4. The minimum atomic E-state index is -2.30. The first-order chi connectivity index (χ1) is 8.57. The quantitative estimate of drug-likeness (QED) is 0.556. The number of carbonyl (C=O) groups excluding carboxylic acids is 1. The van der Waals surface area contributed by atoms with Crippen molar-refractivity contribution in [3.8, 4) is 5.75 Å². The molecule has 1 rings (SSSR count). The Bertz CT molecular complexity index is 489. The van der Waals surface area contributed by atoms with Gasteiger partial charge in [-0.25, -0.2) is 9.59 Å². The first-order valence-corrected chi connectivity index (χ1v) is 5.62. The van der Waals surface area contributed by atoms with Crippen molar-refractivity contribution < 1.29 is 24.5 Å². The molecular weight excluding hydrogens is 250 g/mol. The Morgan fingerprint density at radius 2 is 1.63 bits per heavy atom. The van der Waals surface area contributed by atoms with Crippen molar-refractivity contribution in [2.24, 2.45) is 5.73 Å². The second-order valence-electron chi connectivity index (χ2n) is 5.16. The van der Waals surface area contributed by atoms with Gasteiger partial charge in [0, 0.05) is 0 Å². The average Bonchev–Trinajstić information content (AvgIpc) is 2.26. The third kappa shape index (κ3) is 3.23. The van der Waals surface area contributed by atoms with E-state index in [-0.39, 0.29) is 11.3 Å². The molecule has 6 nitrogen and oxygen atoms in total. The van der Waals surface area contributed by atoms with Crippen LogP contribution in [0.5, 0.6) is 5.75 Å². The third-order valence-electron chi connectivity index (χ3n) is 2.38. The van der Waals surface area contributed by atoms with Gasteiger partial charge in [0.25, 0.3) is 0 Å². The van der Waals surface area contributed by atoms with Crippen LogP contribution in [0.15, 0.2) is 24.3 Å². The van der Waals surface area contributed by atoms with Crippen LogP contribution in [0.1, 0.15) is 26.3 Å². The van der Waals surface area contributed by atoms with E-state index in [0.29, 0.717) is 0 Å². The molecule has 0 saturated carbocycles. The van der Waals surface area contributed by atoms with Crippen molar-refractivity contribution >= 4 is 11.9 Å². The van der Waals surface area contributed by atoms with Crippen LogP contribution < -0.4 is 5.73 Å². The minimum absolute atomic E-state index is 0.0343. The van der Waals surface area contributed by atoms with Gasteiger partial charge < -0.3 is 20.7 Å². The molecule has 0 aliphatic rings. The highest BCUT2D eigenvalue weighted by atomic mass is 16.6. The van der Waals surface area contributed by atoms with Crippen molar-refractivity contribution in [3.63, 3.8) is 0 Å². The summed E-state index contributed by atoms with van der Waals surface area (Å²) in [6, 6.07) is 5.05. The topological polar surface area (TPSA) is 110 Å². The number of phenolic OH excluding ortho intramolecular Hbond substituents is 1. The number of rotatable bonds is 3. The molecule has 0 fully saturated rings. The standard InChI is InChI=1S/C13H17NO5/c1-12(2,3)19-11(18)13(14,10(16)17)8-4-6-9(15)7-5-8/h4-7,15H,14H2,1-3H3,(H,16,17). The molecule has 19 heavy (non-hydrogen) atoms. The number of ether oxygens (including phenoxy) is 1. The number of carboxylic acids is 1. The largest absolute Gasteiger partial charge is 0.508 e. The fourth-order valence-corrected chi connectivity index (χ4v) is 1.41. The molecule has 104 valence electrons. The molecule has 4 N–H and O–H groups in total. The van der Waals surface area contributed by atoms with Crippen LogP contribution in [0.3, 0.4) is 0 Å². The fourth-order valence-electron chi connectivity index (χ4n) is 1.41. The zero-order valence-corrected chi connectivity index (χ0v) is 11.0. The van der Waals surface area contributed by atoms with Gasteiger partial charge in [-0.1, -0.05) is 12.1 Å². The van der Waals surface area contributed by atoms with Gasteiger partial charge in [-0.3, -0.25) is 0 Å². The van der Waals surface area contributed by atoms with E-state index in [1.165, 1.54) is 24.3 Å². The maximum absolute atomic E-state index is 12.0. The van der Waals surface area contributed by atoms with Crippen LogP contribution in [-0.2, 0) is 19.9 Å². The SMILES string of the molecule is CC(C)(C)OC(=O)C(N)(C(=O)O)c1ccc(O)cc1. The van der Waals surface area contributed by atoms with Gasteiger partial charge in [-0.15, -0.1) is 0 Å². The molecule has 0 bridgehead atoms. The normalized spacial score (nSPS) is 14.5. The fraction of sp³-hybridized carbons (Fsp3) is 0.385. The molecule has 0 amide bonds. The molecule has 1 aromatic rings. The Labute approximate surface area is 110 Å². The maximum atomic E-state index is 12.0. The molecule has 0 saturated heterocycles. The Balaban J connectivity index is 3.21. The number of esters is 1. The summed E-state index contributed by atoms with van der Waals surface area (Å²) in [6.07, 6.45) is 0. The van der Waals surface area contributed by atoms with Gasteiger partial charge >= 0.3 is 11.9 Å². The van der Waals surface area contributed by atoms with Gasteiger partial charge in [-0.05, 0) is 38.5 Å². The molecule has 0 aliphatic heterocycles. The molecule has 0 spiro atoms. The molecule has 6 heteroatoms. The molecule has 0 aliphatic carbocycles. The highest BCUT2D eigenvalue weighted by molar-refractivity contribution is 6.04. The predicted molar refractivity (Wildman–Crippen MR) is 67.5 cm³/mol. The lowest BCUT2D eigenvalue weighted by Gasteiger charge is -2.28. The lowest BCUT2D eigenvalue weighted by molar-refractivity contribution is -0.169. The Hall–Kier alpha value is -2.08. The summed E-state index contributed by atoms with van der Waals surface area (Å²) >= 11 is 0. The number of nitrogens with two attached hydrogens (primary N) is 1. The monoisotopic (exact) mass is 267 g/mol. The highest BCUT2D eigenvalue weighted by Crippen LogP contribution is 2.25. The van der Waals surface area contributed by atoms with Crippen molar-refractivity contribution in [2.45, 2.75) is 31.9 Å². The van der Waals surface area contributed by atoms with Crippen LogP contribution in [0.2, 0.25) is 0 Å². The first-order valence-electron chi connectivity index (χ1n) is 5.62. The van der Waals surface area contributed by atoms with E-state index in [1.807, 2.05) is 0 Å². The zero-order chi connectivity index (χ0) is 14.8. The first kappa shape index (κ1) is 15.0. The summed E-state index contributed by atoms with van der Waals surface area (Å²) in [7, 11) is 0. The van der Waals surface area contributed by atoms with Crippen LogP contribution in [0.4, 0.5) is 0 Å². The molecule has 1 unspecified atom stereocenters. The lowest BCUT2D eigenvalue weighted by atomic mass is 9.91. The lowest BCUT2D eigenvalue weighted by Crippen LogP contribution is -2.54. The number of benzene rings is 1. The summed E-state index contributed by atoms with van der Waals surface area (Å²) in [4.78, 5) is 23.4. The molecular formula is C13H17NO5. The van der Waals surface area contributed by atoms with Crippen LogP contribution >= 0.6 is 0 Å². The number of phenols is 1. The van der Waals surface area contributed by atoms with Crippen molar-refractivity contribution in [1.29, 1.82) is 0 Å². The van der Waals surface area contributed by atoms with E-state index in [4.69, 9.17) is 10.5 Å². The highest BCUT2D eigenvalue weighted by Gasteiger charge is 2.47. The summed E-state index contributed by atoms with van der Waals surface area (Å²) in [6.45, 7) is 4.85. The van der Waals surface area contributed by atoms with Gasteiger partial charge in [0.1, 0.15) is 11.4 Å². The average molecular weight is 267 g/mol. The van der Waals surface area contributed by atoms with E-state index in [0.717, 1.165) is 0 Å². The number of carboxylic acid groups (broad SMARTS) is 1. The smallest absolute Gasteiger partial charge is 0.343 e. The van der Waals surface area contributed by atoms with Gasteiger partial charge in [0.05, 0.1) is 0 Å². The van der Waals surface area contributed by atoms with Gasteiger partial charge in [-0.2, -0.15) is 0 Å². The van der Waals surface area contributed by atoms with Crippen LogP contribution in [0.25, 0.3) is 0 Å². The Kier molecular flexibility index (Phi) is 3.86. The maximum Gasteiger partial charge on any atom is 0.343 e. The molecule has 0 heterocycles. The van der Waals surface area contributed by atoms with Crippen molar-refractivity contribution in [3.05, 3.63) is 29.8 Å². The zero-order valence-electron chi connectivity index (χ0n) is 11.0. The number of carbonyl (C=O) groups is 2. The third-order valence-corrected chi connectivity index (χ3v) is 2.38. The van der Waals surface area contributed by atoms with Crippen LogP contribution in [0, 0.1) is 0 Å². The number of aromatic hydroxyl groups is 1.